The molecule has 0 amide bonds. The van der Waals surface area contributed by atoms with Crippen LogP contribution in [-0.4, -0.2) is 30.3 Å². The van der Waals surface area contributed by atoms with Crippen LogP contribution in [0.15, 0.2) is 18.2 Å². The van der Waals surface area contributed by atoms with Gasteiger partial charge in [0.15, 0.2) is 0 Å². The summed E-state index contributed by atoms with van der Waals surface area (Å²) in [6.07, 6.45) is -0.00242. The Bertz CT molecular complexity index is 348. The Labute approximate surface area is 103 Å². The van der Waals surface area contributed by atoms with Crippen LogP contribution in [0.4, 0.5) is 5.82 Å². The quantitative estimate of drug-likeness (QED) is 0.856. The van der Waals surface area contributed by atoms with Crippen LogP contribution in [0.25, 0.3) is 0 Å². The molecule has 0 aromatic carbocycles. The first-order valence-corrected chi connectivity index (χ1v) is 5.81. The maximum atomic E-state index is 5.63. The van der Waals surface area contributed by atoms with Gasteiger partial charge >= 0.3 is 0 Å². The molecule has 0 radical (unpaired) electrons. The Kier molecular flexibility index (Phi) is 4.75. The highest BCUT2D eigenvalue weighted by atomic mass is 16.5. The number of hydrogen-bond donors (Lipinski definition) is 1. The van der Waals surface area contributed by atoms with E-state index in [0.717, 1.165) is 5.82 Å². The summed E-state index contributed by atoms with van der Waals surface area (Å²) < 4.78 is 10.7. The maximum absolute atomic E-state index is 5.63. The van der Waals surface area contributed by atoms with Gasteiger partial charge in [-0.25, -0.2) is 0 Å². The minimum Gasteiger partial charge on any atom is -0.472 e. The third-order valence-electron chi connectivity index (χ3n) is 1.95. The molecule has 1 aromatic heterocycles. The van der Waals surface area contributed by atoms with Crippen molar-refractivity contribution in [3.05, 3.63) is 18.2 Å². The number of rotatable bonds is 5. The summed E-state index contributed by atoms with van der Waals surface area (Å²) in [5, 5.41) is 3.30. The van der Waals surface area contributed by atoms with Crippen LogP contribution >= 0.6 is 0 Å². The van der Waals surface area contributed by atoms with E-state index in [2.05, 4.69) is 31.1 Å². The van der Waals surface area contributed by atoms with Crippen LogP contribution in [0.5, 0.6) is 5.88 Å². The van der Waals surface area contributed by atoms with Crippen molar-refractivity contribution in [2.45, 2.75) is 39.3 Å². The number of aromatic nitrogens is 1. The molecule has 0 saturated heterocycles. The monoisotopic (exact) mass is 238 g/mol. The van der Waals surface area contributed by atoms with Crippen molar-refractivity contribution in [2.24, 2.45) is 0 Å². The fourth-order valence-electron chi connectivity index (χ4n) is 1.41. The first kappa shape index (κ1) is 13.8. The van der Waals surface area contributed by atoms with E-state index in [0.29, 0.717) is 12.5 Å². The standard InChI is InChI=1S/C13H22N2O2/c1-10(9-16-5)17-12-8-6-7-11(14-12)15-13(2,3)4/h6-8,10H,9H2,1-5H3,(H,14,15). The molecule has 1 rings (SSSR count). The molecule has 0 spiro atoms. The maximum Gasteiger partial charge on any atom is 0.215 e. The molecule has 0 aliphatic carbocycles. The van der Waals surface area contributed by atoms with Gasteiger partial charge in [-0.15, -0.1) is 0 Å². The average molecular weight is 238 g/mol. The van der Waals surface area contributed by atoms with Gasteiger partial charge in [-0.3, -0.25) is 0 Å². The lowest BCUT2D eigenvalue weighted by atomic mass is 10.1. The van der Waals surface area contributed by atoms with Gasteiger partial charge in [0.25, 0.3) is 0 Å². The number of nitrogens with one attached hydrogen (secondary N) is 1. The predicted octanol–water partition coefficient (Wildman–Crippen LogP) is 2.71. The number of hydrogen-bond acceptors (Lipinski definition) is 4. The van der Waals surface area contributed by atoms with E-state index in [1.807, 2.05) is 25.1 Å². The zero-order valence-corrected chi connectivity index (χ0v) is 11.3. The third-order valence-corrected chi connectivity index (χ3v) is 1.95. The molecule has 0 fully saturated rings. The number of anilines is 1. The van der Waals surface area contributed by atoms with Crippen LogP contribution in [0, 0.1) is 0 Å². The van der Waals surface area contributed by atoms with Crippen LogP contribution in [0.2, 0.25) is 0 Å². The molecular formula is C13H22N2O2. The van der Waals surface area contributed by atoms with Crippen molar-refractivity contribution in [2.75, 3.05) is 19.0 Å². The van der Waals surface area contributed by atoms with E-state index >= 15 is 0 Å². The second-order valence-corrected chi connectivity index (χ2v) is 5.12. The largest absolute Gasteiger partial charge is 0.472 e. The molecule has 0 aliphatic rings. The molecule has 0 saturated carbocycles. The van der Waals surface area contributed by atoms with Crippen molar-refractivity contribution in [1.29, 1.82) is 0 Å². The SMILES string of the molecule is COCC(C)Oc1cccc(NC(C)(C)C)n1. The molecule has 1 heterocycles. The Morgan fingerprint density at radius 3 is 2.65 bits per heavy atom. The van der Waals surface area contributed by atoms with E-state index in [1.54, 1.807) is 7.11 Å². The number of methoxy groups -OCH3 is 1. The highest BCUT2D eigenvalue weighted by Crippen LogP contribution is 2.16. The van der Waals surface area contributed by atoms with Gasteiger partial charge in [-0.1, -0.05) is 6.07 Å². The number of pyridine rings is 1. The van der Waals surface area contributed by atoms with Crippen molar-refractivity contribution >= 4 is 5.82 Å². The summed E-state index contributed by atoms with van der Waals surface area (Å²) in [5.74, 6) is 1.43. The Morgan fingerprint density at radius 2 is 2.06 bits per heavy atom. The second-order valence-electron chi connectivity index (χ2n) is 5.12. The predicted molar refractivity (Wildman–Crippen MR) is 69.6 cm³/mol. The molecule has 1 unspecified atom stereocenters. The molecule has 4 heteroatoms. The van der Waals surface area contributed by atoms with E-state index in [4.69, 9.17) is 9.47 Å². The van der Waals surface area contributed by atoms with Gasteiger partial charge in [0.2, 0.25) is 5.88 Å². The zero-order valence-electron chi connectivity index (χ0n) is 11.3. The molecule has 96 valence electrons. The third kappa shape index (κ3) is 5.54. The lowest BCUT2D eigenvalue weighted by Gasteiger charge is -2.21. The van der Waals surface area contributed by atoms with Crippen LogP contribution in [-0.2, 0) is 4.74 Å². The normalized spacial score (nSPS) is 13.2. The van der Waals surface area contributed by atoms with Crippen molar-refractivity contribution in [3.63, 3.8) is 0 Å². The van der Waals surface area contributed by atoms with E-state index < -0.39 is 0 Å². The molecule has 1 N–H and O–H groups in total. The number of ether oxygens (including phenoxy) is 2. The zero-order chi connectivity index (χ0) is 12.9. The van der Waals surface area contributed by atoms with Crippen LogP contribution < -0.4 is 10.1 Å². The van der Waals surface area contributed by atoms with E-state index in [1.165, 1.54) is 0 Å². The summed E-state index contributed by atoms with van der Waals surface area (Å²) in [6.45, 7) is 8.79. The number of nitrogens with zero attached hydrogens (tertiary/aromatic N) is 1. The molecule has 1 aromatic rings. The van der Waals surface area contributed by atoms with Gasteiger partial charge in [0.05, 0.1) is 6.61 Å². The van der Waals surface area contributed by atoms with Gasteiger partial charge in [0, 0.05) is 18.7 Å². The molecular weight excluding hydrogens is 216 g/mol. The minimum absolute atomic E-state index is 0.00242. The summed E-state index contributed by atoms with van der Waals surface area (Å²) in [6, 6.07) is 5.70. The van der Waals surface area contributed by atoms with Gasteiger partial charge < -0.3 is 14.8 Å². The highest BCUT2D eigenvalue weighted by Gasteiger charge is 2.11. The van der Waals surface area contributed by atoms with Gasteiger partial charge in [0.1, 0.15) is 11.9 Å². The van der Waals surface area contributed by atoms with E-state index in [-0.39, 0.29) is 11.6 Å². The minimum atomic E-state index is -0.0101. The van der Waals surface area contributed by atoms with Crippen LogP contribution in [0.1, 0.15) is 27.7 Å². The summed E-state index contributed by atoms with van der Waals surface area (Å²) in [4.78, 5) is 4.39. The molecule has 4 nitrogen and oxygen atoms in total. The lowest BCUT2D eigenvalue weighted by molar-refractivity contribution is 0.0891. The van der Waals surface area contributed by atoms with Crippen LogP contribution in [0.3, 0.4) is 0 Å². The molecule has 0 bridgehead atoms. The molecule has 1 atom stereocenters. The van der Waals surface area contributed by atoms with Gasteiger partial charge in [-0.05, 0) is 33.8 Å². The summed E-state index contributed by atoms with van der Waals surface area (Å²) in [7, 11) is 1.66. The first-order chi connectivity index (χ1) is 7.90. The van der Waals surface area contributed by atoms with Crippen molar-refractivity contribution < 1.29 is 9.47 Å². The Morgan fingerprint density at radius 1 is 1.35 bits per heavy atom. The first-order valence-electron chi connectivity index (χ1n) is 5.81. The summed E-state index contributed by atoms with van der Waals surface area (Å²) >= 11 is 0. The second kappa shape index (κ2) is 5.87. The molecule has 17 heavy (non-hydrogen) atoms. The molecule has 0 aliphatic heterocycles. The smallest absolute Gasteiger partial charge is 0.215 e. The Balaban J connectivity index is 2.66. The van der Waals surface area contributed by atoms with Crippen molar-refractivity contribution in [3.8, 4) is 5.88 Å². The van der Waals surface area contributed by atoms with Gasteiger partial charge in [-0.2, -0.15) is 4.98 Å². The topological polar surface area (TPSA) is 43.4 Å². The highest BCUT2D eigenvalue weighted by molar-refractivity contribution is 5.39. The Hall–Kier alpha value is -1.29. The fraction of sp³-hybridized carbons (Fsp3) is 0.615. The van der Waals surface area contributed by atoms with E-state index in [9.17, 15) is 0 Å². The van der Waals surface area contributed by atoms with Crippen molar-refractivity contribution in [1.82, 2.24) is 4.98 Å². The fourth-order valence-corrected chi connectivity index (χ4v) is 1.41. The average Bonchev–Trinajstić information content (AvgIpc) is 2.15. The lowest BCUT2D eigenvalue weighted by Crippen LogP contribution is -2.26. The summed E-state index contributed by atoms with van der Waals surface area (Å²) in [5.41, 5.74) is -0.0101.